The summed E-state index contributed by atoms with van der Waals surface area (Å²) in [5.41, 5.74) is 9.05. The highest BCUT2D eigenvalue weighted by atomic mass is 16.5. The fourth-order valence-corrected chi connectivity index (χ4v) is 4.71. The Bertz CT molecular complexity index is 1210. The first-order valence-electron chi connectivity index (χ1n) is 10.1. The topological polar surface area (TPSA) is 115 Å². The monoisotopic (exact) mass is 406 g/mol. The molecule has 4 aromatic rings. The van der Waals surface area contributed by atoms with Gasteiger partial charge in [-0.3, -0.25) is 4.90 Å². The van der Waals surface area contributed by atoms with Gasteiger partial charge in [-0.2, -0.15) is 9.50 Å². The molecule has 0 aliphatic carbocycles. The van der Waals surface area contributed by atoms with Crippen LogP contribution in [0, 0.1) is 13.8 Å². The fourth-order valence-electron chi connectivity index (χ4n) is 4.71. The highest BCUT2D eigenvalue weighted by molar-refractivity contribution is 5.60. The van der Waals surface area contributed by atoms with Crippen molar-refractivity contribution in [2.45, 2.75) is 38.9 Å². The second-order valence-corrected chi connectivity index (χ2v) is 8.08. The number of nitrogen functional groups attached to an aromatic ring is 1. The predicted octanol–water partition coefficient (Wildman–Crippen LogP) is 2.03. The van der Waals surface area contributed by atoms with Crippen molar-refractivity contribution in [3.8, 4) is 11.6 Å². The van der Waals surface area contributed by atoms with Gasteiger partial charge in [0.1, 0.15) is 11.6 Å². The molecule has 2 atom stereocenters. The minimum atomic E-state index is 0.322. The van der Waals surface area contributed by atoms with Crippen molar-refractivity contribution in [1.29, 1.82) is 0 Å². The number of piperazine rings is 1. The van der Waals surface area contributed by atoms with Gasteiger partial charge >= 0.3 is 0 Å². The molecule has 6 rings (SSSR count). The largest absolute Gasteiger partial charge is 0.461 e. The standard InChI is InChI=1S/C20H22N8O2/c1-11-15(12(2)30-25-11)10-26-8-14-6-13(26)9-27(14)17-7-18-22-19(16-4-3-5-29-16)24-28(18)20(21)23-17/h3-5,7,13-14H,6,8-10H2,1-2H3,(H2,21,23). The summed E-state index contributed by atoms with van der Waals surface area (Å²) >= 11 is 0. The number of fused-ring (bicyclic) bond motifs is 3. The maximum atomic E-state index is 6.20. The summed E-state index contributed by atoms with van der Waals surface area (Å²) in [4.78, 5) is 14.0. The average Bonchev–Trinajstić information content (AvgIpc) is 3.52. The van der Waals surface area contributed by atoms with Crippen LogP contribution in [0.15, 0.2) is 33.4 Å². The van der Waals surface area contributed by atoms with E-state index in [1.807, 2.05) is 32.0 Å². The van der Waals surface area contributed by atoms with Gasteiger partial charge in [0.05, 0.1) is 12.0 Å². The summed E-state index contributed by atoms with van der Waals surface area (Å²) in [7, 11) is 0. The first-order valence-corrected chi connectivity index (χ1v) is 10.1. The quantitative estimate of drug-likeness (QED) is 0.543. The molecule has 2 N–H and O–H groups in total. The van der Waals surface area contributed by atoms with Gasteiger partial charge in [-0.15, -0.1) is 5.10 Å². The van der Waals surface area contributed by atoms with Gasteiger partial charge in [-0.1, -0.05) is 5.16 Å². The molecule has 0 radical (unpaired) electrons. The average molecular weight is 406 g/mol. The molecule has 0 saturated carbocycles. The lowest BCUT2D eigenvalue weighted by atomic mass is 10.1. The van der Waals surface area contributed by atoms with E-state index in [9.17, 15) is 0 Å². The molecule has 0 amide bonds. The van der Waals surface area contributed by atoms with Crippen molar-refractivity contribution in [3.63, 3.8) is 0 Å². The number of anilines is 2. The number of rotatable bonds is 4. The minimum absolute atomic E-state index is 0.322. The molecule has 2 unspecified atom stereocenters. The van der Waals surface area contributed by atoms with E-state index in [1.54, 1.807) is 10.8 Å². The molecule has 6 heterocycles. The molecular formula is C20H22N8O2. The van der Waals surface area contributed by atoms with Crippen LogP contribution in [0.5, 0.6) is 0 Å². The normalized spacial score (nSPS) is 21.3. The van der Waals surface area contributed by atoms with Crippen molar-refractivity contribution < 1.29 is 8.94 Å². The molecule has 2 bridgehead atoms. The molecule has 2 aliphatic rings. The highest BCUT2D eigenvalue weighted by Gasteiger charge is 2.44. The Hall–Kier alpha value is -3.40. The Kier molecular flexibility index (Phi) is 3.66. The maximum absolute atomic E-state index is 6.20. The van der Waals surface area contributed by atoms with Crippen LogP contribution in [0.2, 0.25) is 0 Å². The van der Waals surface area contributed by atoms with Crippen LogP contribution in [-0.4, -0.2) is 54.8 Å². The molecule has 0 spiro atoms. The number of hydrogen-bond acceptors (Lipinski definition) is 9. The van der Waals surface area contributed by atoms with Gasteiger partial charge < -0.3 is 19.6 Å². The van der Waals surface area contributed by atoms with Crippen molar-refractivity contribution in [2.24, 2.45) is 0 Å². The summed E-state index contributed by atoms with van der Waals surface area (Å²) in [6.45, 7) is 6.75. The first kappa shape index (κ1) is 17.5. The molecule has 2 saturated heterocycles. The van der Waals surface area contributed by atoms with Gasteiger partial charge in [0, 0.05) is 43.3 Å². The lowest BCUT2D eigenvalue weighted by molar-refractivity contribution is 0.228. The Balaban J connectivity index is 1.25. The molecule has 30 heavy (non-hydrogen) atoms. The van der Waals surface area contributed by atoms with E-state index in [2.05, 4.69) is 30.0 Å². The van der Waals surface area contributed by atoms with Crippen LogP contribution < -0.4 is 10.6 Å². The molecule has 10 nitrogen and oxygen atoms in total. The number of likely N-dealkylation sites (tertiary alicyclic amines) is 1. The molecular weight excluding hydrogens is 384 g/mol. The van der Waals surface area contributed by atoms with Gasteiger partial charge in [-0.05, 0) is 32.4 Å². The highest BCUT2D eigenvalue weighted by Crippen LogP contribution is 2.36. The SMILES string of the molecule is Cc1noc(C)c1CN1CC2CC1CN2c1cc2nc(-c3ccco3)nn2c(N)n1. The first-order chi connectivity index (χ1) is 14.6. The summed E-state index contributed by atoms with van der Waals surface area (Å²) in [5.74, 6) is 3.19. The molecule has 10 heteroatoms. The van der Waals surface area contributed by atoms with Crippen LogP contribution in [0.1, 0.15) is 23.4 Å². The van der Waals surface area contributed by atoms with Crippen LogP contribution in [-0.2, 0) is 6.54 Å². The zero-order chi connectivity index (χ0) is 20.4. The van der Waals surface area contributed by atoms with Crippen molar-refractivity contribution in [3.05, 3.63) is 41.5 Å². The fraction of sp³-hybridized carbons (Fsp3) is 0.400. The van der Waals surface area contributed by atoms with Gasteiger partial charge in [0.2, 0.25) is 11.8 Å². The van der Waals surface area contributed by atoms with E-state index < -0.39 is 0 Å². The third-order valence-electron chi connectivity index (χ3n) is 6.27. The Labute approximate surface area is 172 Å². The van der Waals surface area contributed by atoms with Gasteiger partial charge in [-0.25, -0.2) is 4.98 Å². The Morgan fingerprint density at radius 1 is 1.20 bits per heavy atom. The smallest absolute Gasteiger partial charge is 0.225 e. The molecule has 2 aliphatic heterocycles. The van der Waals surface area contributed by atoms with Gasteiger partial charge in [0.15, 0.2) is 11.4 Å². The third-order valence-corrected chi connectivity index (χ3v) is 6.27. The number of hydrogen-bond donors (Lipinski definition) is 1. The van der Waals surface area contributed by atoms with Crippen LogP contribution >= 0.6 is 0 Å². The number of aromatic nitrogens is 5. The molecule has 4 aromatic heterocycles. The number of nitrogens with two attached hydrogens (primary N) is 1. The third kappa shape index (κ3) is 2.60. The van der Waals surface area contributed by atoms with E-state index in [1.165, 1.54) is 5.56 Å². The zero-order valence-corrected chi connectivity index (χ0v) is 16.8. The van der Waals surface area contributed by atoms with Crippen molar-refractivity contribution in [2.75, 3.05) is 23.7 Å². The van der Waals surface area contributed by atoms with E-state index in [0.29, 0.717) is 35.3 Å². The maximum Gasteiger partial charge on any atom is 0.225 e. The van der Waals surface area contributed by atoms with Crippen LogP contribution in [0.4, 0.5) is 11.8 Å². The molecule has 0 aromatic carbocycles. The predicted molar refractivity (Wildman–Crippen MR) is 109 cm³/mol. The summed E-state index contributed by atoms with van der Waals surface area (Å²) < 4.78 is 12.3. The number of aryl methyl sites for hydroxylation is 2. The minimum Gasteiger partial charge on any atom is -0.461 e. The van der Waals surface area contributed by atoms with Crippen LogP contribution in [0.25, 0.3) is 17.2 Å². The summed E-state index contributed by atoms with van der Waals surface area (Å²) in [5, 5.41) is 8.51. The number of furan rings is 1. The second-order valence-electron chi connectivity index (χ2n) is 8.08. The van der Waals surface area contributed by atoms with Crippen molar-refractivity contribution in [1.82, 2.24) is 29.6 Å². The summed E-state index contributed by atoms with van der Waals surface area (Å²) in [6, 6.07) is 6.46. The zero-order valence-electron chi connectivity index (χ0n) is 16.8. The van der Waals surface area contributed by atoms with E-state index >= 15 is 0 Å². The van der Waals surface area contributed by atoms with Crippen LogP contribution in [0.3, 0.4) is 0 Å². The summed E-state index contributed by atoms with van der Waals surface area (Å²) in [6.07, 6.45) is 2.71. The van der Waals surface area contributed by atoms with E-state index in [4.69, 9.17) is 14.7 Å². The molecule has 2 fully saturated rings. The second kappa shape index (κ2) is 6.30. The Morgan fingerprint density at radius 3 is 2.80 bits per heavy atom. The Morgan fingerprint density at radius 2 is 2.10 bits per heavy atom. The van der Waals surface area contributed by atoms with Gasteiger partial charge in [0.25, 0.3) is 0 Å². The lowest BCUT2D eigenvalue weighted by Gasteiger charge is -2.34. The lowest BCUT2D eigenvalue weighted by Crippen LogP contribution is -2.46. The van der Waals surface area contributed by atoms with E-state index in [-0.39, 0.29) is 0 Å². The van der Waals surface area contributed by atoms with Crippen molar-refractivity contribution >= 4 is 17.4 Å². The van der Waals surface area contributed by atoms with E-state index in [0.717, 1.165) is 43.3 Å². The molecule has 154 valence electrons. The number of nitrogens with zero attached hydrogens (tertiary/aromatic N) is 7.